The lowest BCUT2D eigenvalue weighted by molar-refractivity contribution is -0.119. The third-order valence-corrected chi connectivity index (χ3v) is 4.50. The maximum absolute atomic E-state index is 12.2. The summed E-state index contributed by atoms with van der Waals surface area (Å²) in [5.41, 5.74) is 3.03. The molecule has 2 aromatic carbocycles. The normalized spacial score (nSPS) is 16.3. The molecule has 0 bridgehead atoms. The van der Waals surface area contributed by atoms with E-state index in [9.17, 15) is 4.79 Å². The molecule has 1 N–H and O–H groups in total. The van der Waals surface area contributed by atoms with Crippen LogP contribution in [0.25, 0.3) is 0 Å². The largest absolute Gasteiger partial charge is 0.438 e. The number of hydrogen-bond donors (Lipinski definition) is 1. The molecule has 0 spiro atoms. The van der Waals surface area contributed by atoms with Crippen molar-refractivity contribution in [2.75, 3.05) is 16.8 Å². The topological polar surface area (TPSA) is 67.3 Å². The van der Waals surface area contributed by atoms with Gasteiger partial charge >= 0.3 is 0 Å². The molecule has 1 atom stereocenters. The number of anilines is 2. The smallest absolute Gasteiger partial charge is 0.237 e. The van der Waals surface area contributed by atoms with Crippen molar-refractivity contribution in [2.24, 2.45) is 5.92 Å². The molecule has 0 fully saturated rings. The molecular weight excluding hydrogens is 340 g/mol. The Morgan fingerprint density at radius 3 is 2.74 bits per heavy atom. The van der Waals surface area contributed by atoms with Crippen molar-refractivity contribution < 1.29 is 9.53 Å². The highest BCUT2D eigenvalue weighted by molar-refractivity contribution is 5.97. The maximum atomic E-state index is 12.2. The average Bonchev–Trinajstić information content (AvgIpc) is 2.81. The van der Waals surface area contributed by atoms with Gasteiger partial charge in [-0.2, -0.15) is 0 Å². The summed E-state index contributed by atoms with van der Waals surface area (Å²) >= 11 is 0. The highest BCUT2D eigenvalue weighted by Gasteiger charge is 2.24. The summed E-state index contributed by atoms with van der Waals surface area (Å²) < 4.78 is 5.69. The molecule has 1 aliphatic rings. The summed E-state index contributed by atoms with van der Waals surface area (Å²) in [5, 5.41) is 3.01. The van der Waals surface area contributed by atoms with Crippen molar-refractivity contribution in [1.82, 2.24) is 9.97 Å². The van der Waals surface area contributed by atoms with Gasteiger partial charge < -0.3 is 15.0 Å². The number of hydrogen-bond acceptors (Lipinski definition) is 5. The van der Waals surface area contributed by atoms with E-state index in [1.165, 1.54) is 0 Å². The van der Waals surface area contributed by atoms with Crippen LogP contribution in [0.4, 0.5) is 11.4 Å². The Hall–Kier alpha value is -3.41. The molecule has 2 heterocycles. The zero-order valence-electron chi connectivity index (χ0n) is 15.0. The molecular formula is C21H20N4O2. The number of amides is 1. The highest BCUT2D eigenvalue weighted by Crippen LogP contribution is 2.31. The Balaban J connectivity index is 1.52. The molecule has 1 unspecified atom stereocenters. The molecule has 1 amide bonds. The van der Waals surface area contributed by atoms with Gasteiger partial charge in [-0.05, 0) is 29.8 Å². The van der Waals surface area contributed by atoms with Gasteiger partial charge in [-0.1, -0.05) is 31.2 Å². The monoisotopic (exact) mass is 360 g/mol. The van der Waals surface area contributed by atoms with Gasteiger partial charge in [-0.3, -0.25) is 9.78 Å². The van der Waals surface area contributed by atoms with Gasteiger partial charge in [0, 0.05) is 25.5 Å². The van der Waals surface area contributed by atoms with Crippen LogP contribution in [-0.2, 0) is 11.3 Å². The number of benzene rings is 2. The average molecular weight is 360 g/mol. The molecule has 6 heteroatoms. The number of fused-ring (bicyclic) bond motifs is 1. The van der Waals surface area contributed by atoms with E-state index in [0.29, 0.717) is 24.7 Å². The van der Waals surface area contributed by atoms with Gasteiger partial charge in [-0.15, -0.1) is 0 Å². The SMILES string of the molecule is CC1CN(Cc2ccc(Oc3cnccn3)cc2)c2ccccc2NC1=O. The number of nitrogens with one attached hydrogen (secondary N) is 1. The highest BCUT2D eigenvalue weighted by atomic mass is 16.5. The van der Waals surface area contributed by atoms with E-state index in [1.807, 2.05) is 55.5 Å². The Morgan fingerprint density at radius 1 is 1.15 bits per heavy atom. The molecule has 27 heavy (non-hydrogen) atoms. The first-order valence-corrected chi connectivity index (χ1v) is 8.87. The van der Waals surface area contributed by atoms with E-state index >= 15 is 0 Å². The van der Waals surface area contributed by atoms with Crippen LogP contribution in [0.2, 0.25) is 0 Å². The van der Waals surface area contributed by atoms with Crippen LogP contribution in [0.1, 0.15) is 12.5 Å². The third kappa shape index (κ3) is 3.89. The van der Waals surface area contributed by atoms with Crippen molar-refractivity contribution in [2.45, 2.75) is 13.5 Å². The second-order valence-electron chi connectivity index (χ2n) is 6.58. The minimum atomic E-state index is -0.0864. The summed E-state index contributed by atoms with van der Waals surface area (Å²) in [6.07, 6.45) is 4.78. The van der Waals surface area contributed by atoms with Gasteiger partial charge in [0.25, 0.3) is 0 Å². The van der Waals surface area contributed by atoms with Crippen molar-refractivity contribution in [1.29, 1.82) is 0 Å². The first-order valence-electron chi connectivity index (χ1n) is 8.87. The summed E-state index contributed by atoms with van der Waals surface area (Å²) in [4.78, 5) is 22.6. The number of para-hydroxylation sites is 2. The zero-order chi connectivity index (χ0) is 18.6. The standard InChI is InChI=1S/C21H20N4O2/c1-15-13-25(19-5-3-2-4-18(19)24-21(15)26)14-16-6-8-17(9-7-16)27-20-12-22-10-11-23-20/h2-12,15H,13-14H2,1H3,(H,24,26). The van der Waals surface area contributed by atoms with Crippen molar-refractivity contribution in [3.05, 3.63) is 72.7 Å². The fourth-order valence-electron chi connectivity index (χ4n) is 3.11. The van der Waals surface area contributed by atoms with Gasteiger partial charge in [0.05, 0.1) is 23.5 Å². The molecule has 6 nitrogen and oxygen atoms in total. The minimum absolute atomic E-state index is 0.0534. The van der Waals surface area contributed by atoms with Crippen LogP contribution < -0.4 is 15.0 Å². The molecule has 4 rings (SSSR count). The second kappa shape index (κ2) is 7.45. The van der Waals surface area contributed by atoms with E-state index in [0.717, 1.165) is 16.9 Å². The van der Waals surface area contributed by atoms with Gasteiger partial charge in [-0.25, -0.2) is 4.98 Å². The van der Waals surface area contributed by atoms with Gasteiger partial charge in [0.2, 0.25) is 11.8 Å². The lowest BCUT2D eigenvalue weighted by Gasteiger charge is -2.25. The van der Waals surface area contributed by atoms with E-state index in [4.69, 9.17) is 4.74 Å². The zero-order valence-corrected chi connectivity index (χ0v) is 15.0. The van der Waals surface area contributed by atoms with Crippen LogP contribution in [0.5, 0.6) is 11.6 Å². The molecule has 0 aliphatic carbocycles. The molecule has 0 saturated carbocycles. The van der Waals surface area contributed by atoms with Crippen LogP contribution in [0, 0.1) is 5.92 Å². The van der Waals surface area contributed by atoms with Crippen LogP contribution >= 0.6 is 0 Å². The number of carbonyl (C=O) groups is 1. The first kappa shape index (κ1) is 17.0. The predicted molar refractivity (Wildman–Crippen MR) is 104 cm³/mol. The van der Waals surface area contributed by atoms with Crippen molar-refractivity contribution >= 4 is 17.3 Å². The summed E-state index contributed by atoms with van der Waals surface area (Å²) in [6.45, 7) is 3.33. The molecule has 1 aliphatic heterocycles. The van der Waals surface area contributed by atoms with E-state index in [2.05, 4.69) is 20.2 Å². The maximum Gasteiger partial charge on any atom is 0.237 e. The number of ether oxygens (including phenoxy) is 1. The number of aromatic nitrogens is 2. The molecule has 136 valence electrons. The number of rotatable bonds is 4. The lowest BCUT2D eigenvalue weighted by Crippen LogP contribution is -2.30. The first-order chi connectivity index (χ1) is 13.2. The second-order valence-corrected chi connectivity index (χ2v) is 6.58. The number of nitrogens with zero attached hydrogens (tertiary/aromatic N) is 3. The quantitative estimate of drug-likeness (QED) is 0.765. The van der Waals surface area contributed by atoms with E-state index < -0.39 is 0 Å². The fourth-order valence-corrected chi connectivity index (χ4v) is 3.11. The lowest BCUT2D eigenvalue weighted by atomic mass is 10.1. The minimum Gasteiger partial charge on any atom is -0.438 e. The molecule has 1 aromatic heterocycles. The summed E-state index contributed by atoms with van der Waals surface area (Å²) in [6, 6.07) is 15.8. The Morgan fingerprint density at radius 2 is 1.96 bits per heavy atom. The third-order valence-electron chi connectivity index (χ3n) is 4.50. The fraction of sp³-hybridized carbons (Fsp3) is 0.190. The Kier molecular flexibility index (Phi) is 4.70. The van der Waals surface area contributed by atoms with Crippen LogP contribution in [0.15, 0.2) is 67.1 Å². The molecule has 3 aromatic rings. The van der Waals surface area contributed by atoms with Crippen molar-refractivity contribution in [3.8, 4) is 11.6 Å². The predicted octanol–water partition coefficient (Wildman–Crippen LogP) is 3.86. The Labute approximate surface area is 157 Å². The summed E-state index contributed by atoms with van der Waals surface area (Å²) in [5.74, 6) is 1.14. The van der Waals surface area contributed by atoms with Crippen LogP contribution in [-0.4, -0.2) is 22.4 Å². The van der Waals surface area contributed by atoms with E-state index in [1.54, 1.807) is 18.6 Å². The summed E-state index contributed by atoms with van der Waals surface area (Å²) in [7, 11) is 0. The van der Waals surface area contributed by atoms with Gasteiger partial charge in [0.1, 0.15) is 5.75 Å². The van der Waals surface area contributed by atoms with Crippen molar-refractivity contribution in [3.63, 3.8) is 0 Å². The van der Waals surface area contributed by atoms with Crippen LogP contribution in [0.3, 0.4) is 0 Å². The molecule has 0 radical (unpaired) electrons. The van der Waals surface area contributed by atoms with E-state index in [-0.39, 0.29) is 11.8 Å². The molecule has 0 saturated heterocycles. The number of carbonyl (C=O) groups excluding carboxylic acids is 1. The van der Waals surface area contributed by atoms with Gasteiger partial charge in [0.15, 0.2) is 0 Å². The Bertz CT molecular complexity index is 928.